The number of sulfonamides is 1. The Kier molecular flexibility index (Phi) is 8.92. The fourth-order valence-electron chi connectivity index (χ4n) is 3.44. The summed E-state index contributed by atoms with van der Waals surface area (Å²) in [4.78, 5) is 16.9. The van der Waals surface area contributed by atoms with Crippen LogP contribution in [0.3, 0.4) is 0 Å². The zero-order chi connectivity index (χ0) is 21.4. The lowest BCUT2D eigenvalue weighted by Crippen LogP contribution is -2.45. The average molecular weight is 425 g/mol. The molecular weight excluding hydrogens is 388 g/mol. The van der Waals surface area contributed by atoms with Gasteiger partial charge >= 0.3 is 0 Å². The number of nitrogens with zero attached hydrogens (tertiary/aromatic N) is 3. The van der Waals surface area contributed by atoms with Crippen molar-refractivity contribution in [3.63, 3.8) is 0 Å². The van der Waals surface area contributed by atoms with Crippen LogP contribution in [0, 0.1) is 13.8 Å². The molecule has 1 aromatic carbocycles. The van der Waals surface area contributed by atoms with E-state index in [4.69, 9.17) is 0 Å². The predicted octanol–water partition coefficient (Wildman–Crippen LogP) is 1.60. The molecule has 1 amide bonds. The van der Waals surface area contributed by atoms with Crippen molar-refractivity contribution in [2.24, 2.45) is 0 Å². The molecule has 29 heavy (non-hydrogen) atoms. The molecule has 8 heteroatoms. The standard InChI is InChI=1S/C21H36N4O3S/c1-18-8-9-20(17-19(18)2)25(29(4,27)28)12-5-7-21(26)22-10-6-11-24-15-13-23(3)14-16-24/h8-9,17H,5-7,10-16H2,1-4H3,(H,22,26). The first-order valence-corrected chi connectivity index (χ1v) is 12.2. The quantitative estimate of drug-likeness (QED) is 0.578. The summed E-state index contributed by atoms with van der Waals surface area (Å²) in [6.07, 6.45) is 2.96. The van der Waals surface area contributed by atoms with E-state index in [1.54, 1.807) is 0 Å². The van der Waals surface area contributed by atoms with Crippen LogP contribution in [-0.4, -0.2) is 83.2 Å². The van der Waals surface area contributed by atoms with E-state index in [9.17, 15) is 13.2 Å². The van der Waals surface area contributed by atoms with E-state index in [1.807, 2.05) is 32.0 Å². The van der Waals surface area contributed by atoms with Gasteiger partial charge in [-0.3, -0.25) is 9.10 Å². The van der Waals surface area contributed by atoms with Gasteiger partial charge in [0.1, 0.15) is 0 Å². The van der Waals surface area contributed by atoms with Crippen LogP contribution in [0.4, 0.5) is 5.69 Å². The lowest BCUT2D eigenvalue weighted by atomic mass is 10.1. The minimum atomic E-state index is -3.39. The Hall–Kier alpha value is -1.64. The van der Waals surface area contributed by atoms with Crippen molar-refractivity contribution >= 4 is 21.6 Å². The monoisotopic (exact) mass is 424 g/mol. The Morgan fingerprint density at radius 2 is 1.79 bits per heavy atom. The number of likely N-dealkylation sites (N-methyl/N-ethyl adjacent to an activating group) is 1. The second-order valence-corrected chi connectivity index (χ2v) is 9.96. The highest BCUT2D eigenvalue weighted by atomic mass is 32.2. The Morgan fingerprint density at radius 3 is 2.41 bits per heavy atom. The van der Waals surface area contributed by atoms with Crippen LogP contribution in [-0.2, 0) is 14.8 Å². The van der Waals surface area contributed by atoms with E-state index >= 15 is 0 Å². The minimum absolute atomic E-state index is 0.0167. The maximum absolute atomic E-state index is 12.2. The van der Waals surface area contributed by atoms with Crippen molar-refractivity contribution in [2.75, 3.05) is 63.4 Å². The molecule has 0 aliphatic carbocycles. The minimum Gasteiger partial charge on any atom is -0.356 e. The fraction of sp³-hybridized carbons (Fsp3) is 0.667. The summed E-state index contributed by atoms with van der Waals surface area (Å²) in [5.74, 6) is -0.0167. The number of piperazine rings is 1. The van der Waals surface area contributed by atoms with Crippen LogP contribution >= 0.6 is 0 Å². The summed E-state index contributed by atoms with van der Waals surface area (Å²) in [7, 11) is -1.25. The third-order valence-electron chi connectivity index (χ3n) is 5.51. The average Bonchev–Trinajstić information content (AvgIpc) is 2.65. The fourth-order valence-corrected chi connectivity index (χ4v) is 4.40. The van der Waals surface area contributed by atoms with Crippen molar-refractivity contribution in [3.05, 3.63) is 29.3 Å². The number of benzene rings is 1. The van der Waals surface area contributed by atoms with E-state index in [2.05, 4.69) is 22.2 Å². The highest BCUT2D eigenvalue weighted by molar-refractivity contribution is 7.92. The lowest BCUT2D eigenvalue weighted by Gasteiger charge is -2.32. The molecule has 1 aromatic rings. The summed E-state index contributed by atoms with van der Waals surface area (Å²) >= 11 is 0. The van der Waals surface area contributed by atoms with E-state index in [-0.39, 0.29) is 5.91 Å². The summed E-state index contributed by atoms with van der Waals surface area (Å²) in [6.45, 7) is 10.3. The van der Waals surface area contributed by atoms with Crippen molar-refractivity contribution in [1.29, 1.82) is 0 Å². The molecule has 1 heterocycles. The van der Waals surface area contributed by atoms with Gasteiger partial charge < -0.3 is 15.1 Å². The molecule has 1 aliphatic heterocycles. The van der Waals surface area contributed by atoms with Crippen LogP contribution in [0.25, 0.3) is 0 Å². The normalized spacial score (nSPS) is 16.0. The van der Waals surface area contributed by atoms with Gasteiger partial charge in [0, 0.05) is 45.7 Å². The van der Waals surface area contributed by atoms with Crippen molar-refractivity contribution in [2.45, 2.75) is 33.1 Å². The van der Waals surface area contributed by atoms with Crippen LogP contribution in [0.15, 0.2) is 18.2 Å². The summed E-state index contributed by atoms with van der Waals surface area (Å²) < 4.78 is 25.8. The van der Waals surface area contributed by atoms with E-state index in [0.29, 0.717) is 31.6 Å². The second-order valence-electron chi connectivity index (χ2n) is 8.06. The number of hydrogen-bond acceptors (Lipinski definition) is 5. The first-order valence-electron chi connectivity index (χ1n) is 10.4. The molecule has 0 radical (unpaired) electrons. The number of nitrogens with one attached hydrogen (secondary N) is 1. The number of carbonyl (C=O) groups excluding carboxylic acids is 1. The SMILES string of the molecule is Cc1ccc(N(CCCC(=O)NCCCN2CCN(C)CC2)S(C)(=O)=O)cc1C. The molecule has 164 valence electrons. The highest BCUT2D eigenvalue weighted by Crippen LogP contribution is 2.21. The molecule has 0 bridgehead atoms. The van der Waals surface area contributed by atoms with Gasteiger partial charge in [-0.1, -0.05) is 6.07 Å². The van der Waals surface area contributed by atoms with Gasteiger partial charge in [-0.05, 0) is 63.5 Å². The van der Waals surface area contributed by atoms with Crippen molar-refractivity contribution in [1.82, 2.24) is 15.1 Å². The zero-order valence-electron chi connectivity index (χ0n) is 18.3. The molecular formula is C21H36N4O3S. The molecule has 0 spiro atoms. The Bertz CT molecular complexity index is 774. The van der Waals surface area contributed by atoms with Crippen LogP contribution < -0.4 is 9.62 Å². The van der Waals surface area contributed by atoms with Crippen LogP contribution in [0.2, 0.25) is 0 Å². The smallest absolute Gasteiger partial charge is 0.232 e. The van der Waals surface area contributed by atoms with Crippen molar-refractivity contribution in [3.8, 4) is 0 Å². The maximum atomic E-state index is 12.2. The highest BCUT2D eigenvalue weighted by Gasteiger charge is 2.18. The van der Waals surface area contributed by atoms with Gasteiger partial charge in [-0.15, -0.1) is 0 Å². The van der Waals surface area contributed by atoms with E-state index in [1.165, 1.54) is 10.6 Å². The van der Waals surface area contributed by atoms with Gasteiger partial charge in [-0.25, -0.2) is 8.42 Å². The number of amides is 1. The predicted molar refractivity (Wildman–Crippen MR) is 119 cm³/mol. The summed E-state index contributed by atoms with van der Waals surface area (Å²) in [6, 6.07) is 5.63. The first-order chi connectivity index (χ1) is 13.7. The number of aryl methyl sites for hydroxylation is 2. The van der Waals surface area contributed by atoms with Gasteiger partial charge in [0.15, 0.2) is 0 Å². The molecule has 2 rings (SSSR count). The molecule has 1 fully saturated rings. The van der Waals surface area contributed by atoms with Crippen LogP contribution in [0.1, 0.15) is 30.4 Å². The molecule has 0 unspecified atom stereocenters. The molecule has 7 nitrogen and oxygen atoms in total. The summed E-state index contributed by atoms with van der Waals surface area (Å²) in [5, 5.41) is 2.96. The zero-order valence-corrected chi connectivity index (χ0v) is 19.1. The Morgan fingerprint density at radius 1 is 1.10 bits per heavy atom. The molecule has 1 saturated heterocycles. The molecule has 0 aromatic heterocycles. The van der Waals surface area contributed by atoms with Gasteiger partial charge in [0.2, 0.25) is 15.9 Å². The second kappa shape index (κ2) is 10.9. The number of carbonyl (C=O) groups is 1. The molecule has 0 saturated carbocycles. The molecule has 1 N–H and O–H groups in total. The summed E-state index contributed by atoms with van der Waals surface area (Å²) in [5.41, 5.74) is 2.83. The molecule has 0 atom stereocenters. The number of anilines is 1. The Balaban J connectivity index is 1.71. The third kappa shape index (κ3) is 7.95. The van der Waals surface area contributed by atoms with Gasteiger partial charge in [-0.2, -0.15) is 0 Å². The first kappa shape index (κ1) is 23.6. The Labute approximate surface area is 176 Å². The number of hydrogen-bond donors (Lipinski definition) is 1. The number of rotatable bonds is 10. The molecule has 1 aliphatic rings. The maximum Gasteiger partial charge on any atom is 0.232 e. The van der Waals surface area contributed by atoms with E-state index in [0.717, 1.165) is 50.3 Å². The lowest BCUT2D eigenvalue weighted by molar-refractivity contribution is -0.121. The van der Waals surface area contributed by atoms with Crippen molar-refractivity contribution < 1.29 is 13.2 Å². The van der Waals surface area contributed by atoms with Gasteiger partial charge in [0.05, 0.1) is 11.9 Å². The van der Waals surface area contributed by atoms with Gasteiger partial charge in [0.25, 0.3) is 0 Å². The van der Waals surface area contributed by atoms with E-state index < -0.39 is 10.0 Å². The largest absolute Gasteiger partial charge is 0.356 e. The third-order valence-corrected chi connectivity index (χ3v) is 6.71. The topological polar surface area (TPSA) is 73.0 Å². The van der Waals surface area contributed by atoms with Crippen LogP contribution in [0.5, 0.6) is 0 Å².